The molecule has 0 bridgehead atoms. The highest BCUT2D eigenvalue weighted by Crippen LogP contribution is 2.21. The number of nitrogens with zero attached hydrogens (tertiary/aromatic N) is 2. The van der Waals surface area contributed by atoms with E-state index in [1.165, 1.54) is 0 Å². The second-order valence-electron chi connectivity index (χ2n) is 3.23. The number of nitrogens with one attached hydrogen (secondary N) is 1. The Balaban J connectivity index is 2.46. The van der Waals surface area contributed by atoms with Crippen LogP contribution in [0.25, 0.3) is 11.0 Å². The number of aryl methyl sites for hydroxylation is 1. The largest absolute Gasteiger partial charge is 0.382 e. The molecule has 2 aromatic rings. The van der Waals surface area contributed by atoms with E-state index in [0.717, 1.165) is 23.3 Å². The molecule has 74 valence electrons. The molecule has 0 radical (unpaired) electrons. The van der Waals surface area contributed by atoms with Gasteiger partial charge >= 0.3 is 0 Å². The zero-order valence-electron chi connectivity index (χ0n) is 8.20. The lowest BCUT2D eigenvalue weighted by atomic mass is 10.3. The monoisotopic (exact) mass is 190 g/mol. The molecule has 4 nitrogen and oxygen atoms in total. The minimum absolute atomic E-state index is 0.633. The molecular formula is C10H14N4. The Kier molecular flexibility index (Phi) is 2.37. The second kappa shape index (κ2) is 3.67. The molecule has 2 aromatic heterocycles. The Morgan fingerprint density at radius 3 is 3.14 bits per heavy atom. The molecule has 0 saturated carbocycles. The van der Waals surface area contributed by atoms with Crippen molar-refractivity contribution in [3.8, 4) is 0 Å². The number of hydrogen-bond acceptors (Lipinski definition) is 3. The average molecular weight is 190 g/mol. The van der Waals surface area contributed by atoms with Crippen LogP contribution in [0.3, 0.4) is 0 Å². The molecule has 0 saturated heterocycles. The number of aromatic nitrogens is 2. The second-order valence-corrected chi connectivity index (χ2v) is 3.23. The summed E-state index contributed by atoms with van der Waals surface area (Å²) in [4.78, 5) is 4.28. The molecule has 0 spiro atoms. The van der Waals surface area contributed by atoms with Crippen molar-refractivity contribution in [3.63, 3.8) is 0 Å². The van der Waals surface area contributed by atoms with Gasteiger partial charge < -0.3 is 15.6 Å². The van der Waals surface area contributed by atoms with Crippen LogP contribution in [-0.4, -0.2) is 22.6 Å². The Labute approximate surface area is 82.7 Å². The molecule has 0 fully saturated rings. The predicted octanol–water partition coefficient (Wildman–Crippen LogP) is 0.944. The molecule has 0 aliphatic rings. The minimum Gasteiger partial charge on any atom is -0.382 e. The minimum atomic E-state index is 0.633. The topological polar surface area (TPSA) is 55.9 Å². The fourth-order valence-corrected chi connectivity index (χ4v) is 1.57. The first kappa shape index (κ1) is 9.02. The lowest BCUT2D eigenvalue weighted by Gasteiger charge is -2.07. The van der Waals surface area contributed by atoms with Crippen molar-refractivity contribution in [2.24, 2.45) is 12.8 Å². The summed E-state index contributed by atoms with van der Waals surface area (Å²) < 4.78 is 2.06. The maximum atomic E-state index is 5.45. The van der Waals surface area contributed by atoms with Crippen LogP contribution in [0.1, 0.15) is 0 Å². The number of rotatable bonds is 3. The Hall–Kier alpha value is -1.55. The van der Waals surface area contributed by atoms with Gasteiger partial charge in [-0.05, 0) is 12.1 Å². The highest BCUT2D eigenvalue weighted by molar-refractivity contribution is 5.88. The Morgan fingerprint density at radius 1 is 1.50 bits per heavy atom. The molecule has 0 atom stereocenters. The van der Waals surface area contributed by atoms with Crippen molar-refractivity contribution >= 4 is 16.7 Å². The first-order valence-electron chi connectivity index (χ1n) is 4.67. The lowest BCUT2D eigenvalue weighted by molar-refractivity contribution is 0.963. The molecule has 0 aliphatic heterocycles. The van der Waals surface area contributed by atoms with E-state index < -0.39 is 0 Å². The number of pyridine rings is 1. The van der Waals surface area contributed by atoms with E-state index in [-0.39, 0.29) is 0 Å². The summed E-state index contributed by atoms with van der Waals surface area (Å²) in [5.41, 5.74) is 8.67. The van der Waals surface area contributed by atoms with Gasteiger partial charge in [0.05, 0.1) is 16.7 Å². The van der Waals surface area contributed by atoms with Gasteiger partial charge in [-0.3, -0.25) is 4.98 Å². The summed E-state index contributed by atoms with van der Waals surface area (Å²) in [7, 11) is 2.01. The van der Waals surface area contributed by atoms with Gasteiger partial charge in [0.25, 0.3) is 0 Å². The lowest BCUT2D eigenvalue weighted by Crippen LogP contribution is -2.13. The van der Waals surface area contributed by atoms with Crippen LogP contribution in [0.15, 0.2) is 24.5 Å². The van der Waals surface area contributed by atoms with E-state index in [1.807, 2.05) is 25.4 Å². The van der Waals surface area contributed by atoms with Gasteiger partial charge in [-0.2, -0.15) is 0 Å². The maximum Gasteiger partial charge on any atom is 0.0902 e. The number of anilines is 1. The van der Waals surface area contributed by atoms with E-state index in [1.54, 1.807) is 6.20 Å². The van der Waals surface area contributed by atoms with Crippen LogP contribution in [0.4, 0.5) is 5.69 Å². The molecule has 2 heterocycles. The van der Waals surface area contributed by atoms with Crippen LogP contribution in [0.5, 0.6) is 0 Å². The summed E-state index contributed by atoms with van der Waals surface area (Å²) in [5.74, 6) is 0. The summed E-state index contributed by atoms with van der Waals surface area (Å²) in [6.45, 7) is 1.42. The van der Waals surface area contributed by atoms with Crippen molar-refractivity contribution < 1.29 is 0 Å². The van der Waals surface area contributed by atoms with Crippen LogP contribution in [-0.2, 0) is 7.05 Å². The highest BCUT2D eigenvalue weighted by atomic mass is 15.0. The van der Waals surface area contributed by atoms with E-state index in [9.17, 15) is 0 Å². The zero-order valence-corrected chi connectivity index (χ0v) is 8.20. The van der Waals surface area contributed by atoms with Crippen molar-refractivity contribution in [3.05, 3.63) is 24.5 Å². The number of fused-ring (bicyclic) bond motifs is 1. The molecule has 14 heavy (non-hydrogen) atoms. The van der Waals surface area contributed by atoms with Gasteiger partial charge in [-0.1, -0.05) is 0 Å². The van der Waals surface area contributed by atoms with Crippen molar-refractivity contribution in [1.29, 1.82) is 0 Å². The Morgan fingerprint density at radius 2 is 2.36 bits per heavy atom. The molecule has 0 amide bonds. The Bertz CT molecular complexity index is 433. The van der Waals surface area contributed by atoms with Crippen LogP contribution in [0, 0.1) is 0 Å². The summed E-state index contributed by atoms with van der Waals surface area (Å²) in [6.07, 6.45) is 3.81. The number of nitrogens with two attached hydrogens (primary N) is 1. The molecular weight excluding hydrogens is 176 g/mol. The fourth-order valence-electron chi connectivity index (χ4n) is 1.57. The molecule has 0 aromatic carbocycles. The first-order valence-corrected chi connectivity index (χ1v) is 4.67. The third-order valence-corrected chi connectivity index (χ3v) is 2.22. The summed E-state index contributed by atoms with van der Waals surface area (Å²) >= 11 is 0. The molecule has 2 rings (SSSR count). The molecule has 0 aliphatic carbocycles. The van der Waals surface area contributed by atoms with Gasteiger partial charge in [0.15, 0.2) is 0 Å². The number of hydrogen-bond donors (Lipinski definition) is 2. The highest BCUT2D eigenvalue weighted by Gasteiger charge is 2.03. The molecule has 4 heteroatoms. The molecule has 3 N–H and O–H groups in total. The zero-order chi connectivity index (χ0) is 9.97. The maximum absolute atomic E-state index is 5.45. The van der Waals surface area contributed by atoms with Crippen molar-refractivity contribution in [2.45, 2.75) is 0 Å². The van der Waals surface area contributed by atoms with E-state index in [0.29, 0.717) is 6.54 Å². The van der Waals surface area contributed by atoms with Gasteiger partial charge in [-0.15, -0.1) is 0 Å². The normalized spacial score (nSPS) is 10.7. The van der Waals surface area contributed by atoms with E-state index in [4.69, 9.17) is 5.73 Å². The van der Waals surface area contributed by atoms with Crippen LogP contribution < -0.4 is 11.1 Å². The van der Waals surface area contributed by atoms with E-state index in [2.05, 4.69) is 14.9 Å². The first-order chi connectivity index (χ1) is 6.83. The van der Waals surface area contributed by atoms with Gasteiger partial charge in [-0.25, -0.2) is 0 Å². The summed E-state index contributed by atoms with van der Waals surface area (Å²) in [6, 6.07) is 3.97. The fraction of sp³-hybridized carbons (Fsp3) is 0.300. The quantitative estimate of drug-likeness (QED) is 0.757. The van der Waals surface area contributed by atoms with Crippen LogP contribution in [0.2, 0.25) is 0 Å². The average Bonchev–Trinajstić information content (AvgIpc) is 2.58. The van der Waals surface area contributed by atoms with Crippen molar-refractivity contribution in [2.75, 3.05) is 18.4 Å². The van der Waals surface area contributed by atoms with Crippen molar-refractivity contribution in [1.82, 2.24) is 9.55 Å². The smallest absolute Gasteiger partial charge is 0.0902 e. The summed E-state index contributed by atoms with van der Waals surface area (Å²) in [5, 5.41) is 3.28. The predicted molar refractivity (Wildman–Crippen MR) is 58.3 cm³/mol. The van der Waals surface area contributed by atoms with Gasteiger partial charge in [0.2, 0.25) is 0 Å². The third-order valence-electron chi connectivity index (χ3n) is 2.22. The molecule has 0 unspecified atom stereocenters. The van der Waals surface area contributed by atoms with Crippen LogP contribution >= 0.6 is 0 Å². The SMILES string of the molecule is Cn1ccc2nccc(NCCN)c21. The van der Waals surface area contributed by atoms with Gasteiger partial charge in [0, 0.05) is 32.5 Å². The third kappa shape index (κ3) is 1.44. The van der Waals surface area contributed by atoms with E-state index >= 15 is 0 Å². The van der Waals surface area contributed by atoms with Gasteiger partial charge in [0.1, 0.15) is 0 Å². The standard InChI is InChI=1S/C10H14N4/c1-14-7-3-9-10(14)8(2-5-12-9)13-6-4-11/h2-3,5,7H,4,6,11H2,1H3,(H,12,13).